The molecule has 0 aliphatic heterocycles. The molecule has 0 atom stereocenters. The number of benzene rings is 1. The van der Waals surface area contributed by atoms with E-state index in [0.29, 0.717) is 17.7 Å². The van der Waals surface area contributed by atoms with E-state index in [-0.39, 0.29) is 18.1 Å². The van der Waals surface area contributed by atoms with E-state index in [1.165, 1.54) is 0 Å². The first-order valence-electron chi connectivity index (χ1n) is 6.42. The molecule has 20 heavy (non-hydrogen) atoms. The Morgan fingerprint density at radius 1 is 1.35 bits per heavy atom. The molecule has 6 nitrogen and oxygen atoms in total. The molecule has 1 heterocycles. The van der Waals surface area contributed by atoms with Gasteiger partial charge in [-0.3, -0.25) is 4.79 Å². The molecule has 0 fully saturated rings. The number of nitrogens with one attached hydrogen (secondary N) is 2. The fourth-order valence-electron chi connectivity index (χ4n) is 1.81. The number of amides is 1. The summed E-state index contributed by atoms with van der Waals surface area (Å²) in [6.07, 6.45) is 0.884. The van der Waals surface area contributed by atoms with Crippen LogP contribution in [0, 0.1) is 11.3 Å². The maximum Gasteiger partial charge on any atom is 0.239 e. The molecule has 0 aliphatic carbocycles. The maximum atomic E-state index is 11.6. The highest BCUT2D eigenvalue weighted by Gasteiger charge is 2.11. The quantitative estimate of drug-likeness (QED) is 0.857. The predicted molar refractivity (Wildman–Crippen MR) is 76.0 cm³/mol. The van der Waals surface area contributed by atoms with Gasteiger partial charge in [-0.25, -0.2) is 0 Å². The largest absolute Gasteiger partial charge is 0.373 e. The van der Waals surface area contributed by atoms with E-state index in [0.717, 1.165) is 11.8 Å². The van der Waals surface area contributed by atoms with Gasteiger partial charge in [0.15, 0.2) is 5.69 Å². The molecule has 0 aliphatic rings. The van der Waals surface area contributed by atoms with Gasteiger partial charge < -0.3 is 10.6 Å². The summed E-state index contributed by atoms with van der Waals surface area (Å²) in [7, 11) is 0. The number of hydrogen-bond donors (Lipinski definition) is 2. The maximum absolute atomic E-state index is 11.6. The molecule has 2 aromatic rings. The smallest absolute Gasteiger partial charge is 0.239 e. The molecule has 2 rings (SSSR count). The summed E-state index contributed by atoms with van der Waals surface area (Å²) in [5.41, 5.74) is 1.42. The fourth-order valence-corrected chi connectivity index (χ4v) is 1.81. The van der Waals surface area contributed by atoms with Crippen LogP contribution in [0.3, 0.4) is 0 Å². The van der Waals surface area contributed by atoms with Crippen molar-refractivity contribution in [2.75, 3.05) is 18.4 Å². The van der Waals surface area contributed by atoms with Crippen molar-refractivity contribution in [2.24, 2.45) is 0 Å². The molecule has 2 N–H and O–H groups in total. The van der Waals surface area contributed by atoms with Gasteiger partial charge in [-0.2, -0.15) is 5.26 Å². The van der Waals surface area contributed by atoms with Crippen LogP contribution in [-0.4, -0.2) is 29.2 Å². The Balaban J connectivity index is 2.24. The summed E-state index contributed by atoms with van der Waals surface area (Å²) in [5.74, 6) is -0.114. The lowest BCUT2D eigenvalue weighted by molar-refractivity contribution is -0.119. The molecule has 6 heteroatoms. The van der Waals surface area contributed by atoms with Gasteiger partial charge in [-0.15, -0.1) is 10.2 Å². The van der Waals surface area contributed by atoms with Crippen molar-refractivity contribution >= 4 is 22.5 Å². The van der Waals surface area contributed by atoms with Crippen molar-refractivity contribution in [3.63, 3.8) is 0 Å². The van der Waals surface area contributed by atoms with Gasteiger partial charge in [0, 0.05) is 11.9 Å². The average Bonchev–Trinajstić information content (AvgIpc) is 2.50. The Morgan fingerprint density at radius 2 is 2.15 bits per heavy atom. The number of nitriles is 1. The summed E-state index contributed by atoms with van der Waals surface area (Å²) in [4.78, 5) is 11.6. The molecule has 0 unspecified atom stereocenters. The zero-order chi connectivity index (χ0) is 14.4. The van der Waals surface area contributed by atoms with Crippen molar-refractivity contribution in [1.29, 1.82) is 5.26 Å². The summed E-state index contributed by atoms with van der Waals surface area (Å²) in [6.45, 7) is 2.73. The number of carbonyl (C=O) groups is 1. The molecule has 0 radical (unpaired) electrons. The molecule has 1 aromatic heterocycles. The highest BCUT2D eigenvalue weighted by molar-refractivity contribution is 5.94. The summed E-state index contributed by atoms with van der Waals surface area (Å²) >= 11 is 0. The molecule has 0 bridgehead atoms. The Labute approximate surface area is 116 Å². The van der Waals surface area contributed by atoms with Crippen LogP contribution in [-0.2, 0) is 4.79 Å². The van der Waals surface area contributed by atoms with Crippen LogP contribution in [0.4, 0.5) is 5.69 Å². The third kappa shape index (κ3) is 3.01. The van der Waals surface area contributed by atoms with Crippen molar-refractivity contribution in [3.05, 3.63) is 30.0 Å². The number of fused-ring (bicyclic) bond motifs is 1. The number of rotatable bonds is 5. The first-order valence-corrected chi connectivity index (χ1v) is 6.42. The van der Waals surface area contributed by atoms with E-state index >= 15 is 0 Å². The number of nitrogens with zero attached hydrogens (tertiary/aromatic N) is 3. The molecular weight excluding hydrogens is 254 g/mol. The van der Waals surface area contributed by atoms with Gasteiger partial charge in [0.25, 0.3) is 0 Å². The van der Waals surface area contributed by atoms with Gasteiger partial charge in [0.1, 0.15) is 6.07 Å². The summed E-state index contributed by atoms with van der Waals surface area (Å²) < 4.78 is 0. The van der Waals surface area contributed by atoms with Crippen LogP contribution in [0.25, 0.3) is 10.9 Å². The van der Waals surface area contributed by atoms with E-state index in [1.54, 1.807) is 0 Å². The monoisotopic (exact) mass is 269 g/mol. The first kappa shape index (κ1) is 13.7. The van der Waals surface area contributed by atoms with Crippen molar-refractivity contribution in [1.82, 2.24) is 15.5 Å². The Morgan fingerprint density at radius 3 is 2.90 bits per heavy atom. The zero-order valence-electron chi connectivity index (χ0n) is 11.2. The average molecular weight is 269 g/mol. The number of anilines is 1. The van der Waals surface area contributed by atoms with E-state index < -0.39 is 0 Å². The van der Waals surface area contributed by atoms with Gasteiger partial charge in [-0.1, -0.05) is 25.1 Å². The molecule has 1 aromatic carbocycles. The Bertz CT molecular complexity index is 662. The normalized spacial score (nSPS) is 10.0. The lowest BCUT2D eigenvalue weighted by Gasteiger charge is -2.10. The molecule has 0 spiro atoms. The second kappa shape index (κ2) is 6.48. The molecular formula is C14H15N5O. The van der Waals surface area contributed by atoms with Crippen LogP contribution in [0.5, 0.6) is 0 Å². The first-order chi connectivity index (χ1) is 9.76. The van der Waals surface area contributed by atoms with E-state index in [1.807, 2.05) is 37.3 Å². The summed E-state index contributed by atoms with van der Waals surface area (Å²) in [6, 6.07) is 9.35. The van der Waals surface area contributed by atoms with Gasteiger partial charge in [0.2, 0.25) is 5.91 Å². The predicted octanol–water partition coefficient (Wildman–Crippen LogP) is 1.44. The second-order valence-corrected chi connectivity index (χ2v) is 4.26. The van der Waals surface area contributed by atoms with Crippen LogP contribution in [0.1, 0.15) is 19.0 Å². The third-order valence-electron chi connectivity index (χ3n) is 2.77. The topological polar surface area (TPSA) is 90.7 Å². The van der Waals surface area contributed by atoms with E-state index in [9.17, 15) is 4.79 Å². The Hall–Kier alpha value is -2.68. The Kier molecular flexibility index (Phi) is 4.45. The van der Waals surface area contributed by atoms with E-state index in [4.69, 9.17) is 5.26 Å². The van der Waals surface area contributed by atoms with Gasteiger partial charge in [-0.05, 0) is 12.5 Å². The van der Waals surface area contributed by atoms with Crippen molar-refractivity contribution in [3.8, 4) is 6.07 Å². The zero-order valence-corrected chi connectivity index (χ0v) is 11.2. The minimum Gasteiger partial charge on any atom is -0.373 e. The standard InChI is InChI=1S/C14H15N5O/c1-2-7-16-13(20)9-17-14-10-5-3-4-6-11(10)18-19-12(14)8-15/h3-6H,2,7,9H2,1H3,(H,16,20)(H,17,18). The number of hydrogen-bond acceptors (Lipinski definition) is 5. The van der Waals surface area contributed by atoms with Crippen molar-refractivity contribution in [2.45, 2.75) is 13.3 Å². The summed E-state index contributed by atoms with van der Waals surface area (Å²) in [5, 5.41) is 23.5. The van der Waals surface area contributed by atoms with Crippen LogP contribution < -0.4 is 10.6 Å². The minimum atomic E-state index is -0.114. The van der Waals surface area contributed by atoms with E-state index in [2.05, 4.69) is 20.8 Å². The van der Waals surface area contributed by atoms with Gasteiger partial charge in [0.05, 0.1) is 17.7 Å². The SMILES string of the molecule is CCCNC(=O)CNc1c(C#N)nnc2ccccc12. The highest BCUT2D eigenvalue weighted by atomic mass is 16.1. The lowest BCUT2D eigenvalue weighted by atomic mass is 10.1. The highest BCUT2D eigenvalue weighted by Crippen LogP contribution is 2.23. The van der Waals surface area contributed by atoms with Crippen LogP contribution >= 0.6 is 0 Å². The lowest BCUT2D eigenvalue weighted by Crippen LogP contribution is -2.30. The molecule has 1 amide bonds. The van der Waals surface area contributed by atoms with Crippen LogP contribution in [0.15, 0.2) is 24.3 Å². The number of aromatic nitrogens is 2. The minimum absolute atomic E-state index is 0.102. The third-order valence-corrected chi connectivity index (χ3v) is 2.77. The van der Waals surface area contributed by atoms with Crippen molar-refractivity contribution < 1.29 is 4.79 Å². The molecule has 0 saturated heterocycles. The fraction of sp³-hybridized carbons (Fsp3) is 0.286. The van der Waals surface area contributed by atoms with Gasteiger partial charge >= 0.3 is 0 Å². The molecule has 102 valence electrons. The molecule has 0 saturated carbocycles. The van der Waals surface area contributed by atoms with Crippen LogP contribution in [0.2, 0.25) is 0 Å². The number of carbonyl (C=O) groups excluding carboxylic acids is 1. The second-order valence-electron chi connectivity index (χ2n) is 4.26.